The molecule has 0 amide bonds. The summed E-state index contributed by atoms with van der Waals surface area (Å²) in [4.78, 5) is 13.8. The third-order valence-electron chi connectivity index (χ3n) is 4.89. The molecule has 108 valence electrons. The SMILES string of the molecule is O=C1Oc2ccccc2[C@H]2C3=C(SC[C@@H]12)c1ccccc1C3. The number of allylic oxidation sites excluding steroid dienone is 1. The van der Waals surface area contributed by atoms with Gasteiger partial charge in [0, 0.05) is 22.1 Å². The van der Waals surface area contributed by atoms with Gasteiger partial charge >= 0.3 is 5.97 Å². The molecule has 0 N–H and O–H groups in total. The smallest absolute Gasteiger partial charge is 0.316 e. The molecule has 0 fully saturated rings. The summed E-state index contributed by atoms with van der Waals surface area (Å²) in [5, 5.41) is 0. The van der Waals surface area contributed by atoms with E-state index in [-0.39, 0.29) is 17.8 Å². The molecule has 1 aliphatic carbocycles. The maximum absolute atomic E-state index is 12.4. The largest absolute Gasteiger partial charge is 0.426 e. The van der Waals surface area contributed by atoms with Gasteiger partial charge in [0.2, 0.25) is 0 Å². The Kier molecular flexibility index (Phi) is 2.56. The van der Waals surface area contributed by atoms with Crippen molar-refractivity contribution in [2.24, 2.45) is 5.92 Å². The topological polar surface area (TPSA) is 26.3 Å². The van der Waals surface area contributed by atoms with E-state index in [4.69, 9.17) is 4.74 Å². The van der Waals surface area contributed by atoms with Gasteiger partial charge in [-0.15, -0.1) is 11.8 Å². The molecule has 5 rings (SSSR count). The number of fused-ring (bicyclic) bond motifs is 6. The van der Waals surface area contributed by atoms with Gasteiger partial charge in [-0.05, 0) is 29.2 Å². The molecule has 2 aromatic rings. The van der Waals surface area contributed by atoms with Crippen LogP contribution in [0.5, 0.6) is 5.75 Å². The minimum atomic E-state index is -0.0706. The molecule has 3 aliphatic rings. The summed E-state index contributed by atoms with van der Waals surface area (Å²) in [5.41, 5.74) is 5.33. The number of para-hydroxylation sites is 1. The van der Waals surface area contributed by atoms with E-state index in [1.54, 1.807) is 0 Å². The lowest BCUT2D eigenvalue weighted by atomic mass is 9.78. The number of ether oxygens (including phenoxy) is 1. The van der Waals surface area contributed by atoms with Gasteiger partial charge < -0.3 is 4.74 Å². The molecule has 2 heterocycles. The van der Waals surface area contributed by atoms with E-state index in [1.807, 2.05) is 30.0 Å². The minimum absolute atomic E-state index is 0.0482. The molecule has 0 spiro atoms. The fraction of sp³-hybridized carbons (Fsp3) is 0.211. The van der Waals surface area contributed by atoms with Crippen molar-refractivity contribution in [3.05, 3.63) is 70.8 Å². The summed E-state index contributed by atoms with van der Waals surface area (Å²) in [6.07, 6.45) is 0.960. The standard InChI is InChI=1S/C19H14O2S/c20-19-15-10-22-18-12-6-2-1-5-11(12)9-14(18)17(15)13-7-3-4-8-16(13)21-19/h1-8,15,17H,9-10H2/t15-,17+/m1/s1. The van der Waals surface area contributed by atoms with E-state index in [0.717, 1.165) is 17.9 Å². The number of benzene rings is 2. The highest BCUT2D eigenvalue weighted by molar-refractivity contribution is 8.08. The van der Waals surface area contributed by atoms with Gasteiger partial charge in [0.1, 0.15) is 5.75 Å². The zero-order chi connectivity index (χ0) is 14.7. The number of carbonyl (C=O) groups excluding carboxylic acids is 1. The summed E-state index contributed by atoms with van der Waals surface area (Å²) >= 11 is 1.82. The first-order chi connectivity index (χ1) is 10.8. The Morgan fingerprint density at radius 3 is 2.82 bits per heavy atom. The van der Waals surface area contributed by atoms with Crippen LogP contribution < -0.4 is 4.74 Å². The van der Waals surface area contributed by atoms with Crippen LogP contribution in [0.1, 0.15) is 22.6 Å². The van der Waals surface area contributed by atoms with Crippen LogP contribution in [0.4, 0.5) is 0 Å². The van der Waals surface area contributed by atoms with Crippen LogP contribution in [0, 0.1) is 5.92 Å². The van der Waals surface area contributed by atoms with Gasteiger partial charge in [-0.25, -0.2) is 0 Å². The summed E-state index contributed by atoms with van der Waals surface area (Å²) < 4.78 is 5.55. The average Bonchev–Trinajstić information content (AvgIpc) is 2.93. The number of esters is 1. The third-order valence-corrected chi connectivity index (χ3v) is 6.18. The monoisotopic (exact) mass is 306 g/mol. The molecule has 3 heteroatoms. The van der Waals surface area contributed by atoms with Gasteiger partial charge in [-0.2, -0.15) is 0 Å². The van der Waals surface area contributed by atoms with Crippen LogP contribution in [0.2, 0.25) is 0 Å². The molecule has 2 aromatic carbocycles. The quantitative estimate of drug-likeness (QED) is 0.543. The molecular weight excluding hydrogens is 292 g/mol. The number of rotatable bonds is 0. The molecule has 22 heavy (non-hydrogen) atoms. The normalized spacial score (nSPS) is 25.0. The van der Waals surface area contributed by atoms with Crippen LogP contribution in [-0.2, 0) is 11.2 Å². The zero-order valence-electron chi connectivity index (χ0n) is 11.9. The number of hydrogen-bond acceptors (Lipinski definition) is 3. The molecule has 0 bridgehead atoms. The Hall–Kier alpha value is -2.00. The molecule has 0 aromatic heterocycles. The number of hydrogen-bond donors (Lipinski definition) is 0. The van der Waals surface area contributed by atoms with Crippen LogP contribution in [0.15, 0.2) is 54.1 Å². The van der Waals surface area contributed by atoms with Gasteiger partial charge in [-0.3, -0.25) is 4.79 Å². The summed E-state index contributed by atoms with van der Waals surface area (Å²) in [7, 11) is 0. The fourth-order valence-electron chi connectivity index (χ4n) is 3.91. The molecule has 2 nitrogen and oxygen atoms in total. The van der Waals surface area contributed by atoms with E-state index in [9.17, 15) is 4.79 Å². The van der Waals surface area contributed by atoms with Gasteiger partial charge in [0.05, 0.1) is 5.92 Å². The summed E-state index contributed by atoms with van der Waals surface area (Å²) in [5.74, 6) is 1.61. The van der Waals surface area contributed by atoms with Crippen molar-refractivity contribution < 1.29 is 9.53 Å². The predicted octanol–water partition coefficient (Wildman–Crippen LogP) is 4.02. The van der Waals surface area contributed by atoms with E-state index < -0.39 is 0 Å². The maximum atomic E-state index is 12.4. The summed E-state index contributed by atoms with van der Waals surface area (Å²) in [6, 6.07) is 16.6. The lowest BCUT2D eigenvalue weighted by Crippen LogP contribution is -2.36. The van der Waals surface area contributed by atoms with Crippen molar-refractivity contribution in [2.75, 3.05) is 5.75 Å². The zero-order valence-corrected chi connectivity index (χ0v) is 12.7. The van der Waals surface area contributed by atoms with E-state index in [2.05, 4.69) is 30.3 Å². The second kappa shape index (κ2) is 4.50. The van der Waals surface area contributed by atoms with Crippen molar-refractivity contribution in [1.82, 2.24) is 0 Å². The fourth-order valence-corrected chi connectivity index (χ4v) is 5.33. The number of carbonyl (C=O) groups is 1. The highest BCUT2D eigenvalue weighted by Crippen LogP contribution is 2.55. The second-order valence-corrected chi connectivity index (χ2v) is 7.07. The van der Waals surface area contributed by atoms with Crippen LogP contribution in [0.25, 0.3) is 4.91 Å². The molecule has 2 atom stereocenters. The Labute approximate surface area is 133 Å². The maximum Gasteiger partial charge on any atom is 0.316 e. The highest BCUT2D eigenvalue weighted by Gasteiger charge is 2.45. The lowest BCUT2D eigenvalue weighted by Gasteiger charge is -2.36. The Morgan fingerprint density at radius 2 is 1.86 bits per heavy atom. The second-order valence-electron chi connectivity index (χ2n) is 6.04. The Bertz CT molecular complexity index is 837. The highest BCUT2D eigenvalue weighted by atomic mass is 32.2. The summed E-state index contributed by atoms with van der Waals surface area (Å²) in [6.45, 7) is 0. The van der Waals surface area contributed by atoms with Gasteiger partial charge in [0.15, 0.2) is 0 Å². The van der Waals surface area contributed by atoms with Crippen molar-refractivity contribution in [3.8, 4) is 5.75 Å². The van der Waals surface area contributed by atoms with Crippen molar-refractivity contribution >= 4 is 22.6 Å². The Morgan fingerprint density at radius 1 is 1.05 bits per heavy atom. The van der Waals surface area contributed by atoms with E-state index in [1.165, 1.54) is 27.2 Å². The van der Waals surface area contributed by atoms with Crippen molar-refractivity contribution in [1.29, 1.82) is 0 Å². The lowest BCUT2D eigenvalue weighted by molar-refractivity contribution is -0.139. The van der Waals surface area contributed by atoms with E-state index in [0.29, 0.717) is 0 Å². The van der Waals surface area contributed by atoms with Crippen molar-refractivity contribution in [3.63, 3.8) is 0 Å². The van der Waals surface area contributed by atoms with Crippen molar-refractivity contribution in [2.45, 2.75) is 12.3 Å². The number of thioether (sulfide) groups is 1. The first kappa shape index (κ1) is 12.5. The van der Waals surface area contributed by atoms with Crippen LogP contribution in [0.3, 0.4) is 0 Å². The van der Waals surface area contributed by atoms with E-state index >= 15 is 0 Å². The molecule has 0 saturated heterocycles. The molecule has 0 saturated carbocycles. The minimum Gasteiger partial charge on any atom is -0.426 e. The Balaban J connectivity index is 1.71. The van der Waals surface area contributed by atoms with Gasteiger partial charge in [-0.1, -0.05) is 42.5 Å². The average molecular weight is 306 g/mol. The van der Waals surface area contributed by atoms with Crippen LogP contribution >= 0.6 is 11.8 Å². The third kappa shape index (κ3) is 1.60. The predicted molar refractivity (Wildman–Crippen MR) is 87.8 cm³/mol. The van der Waals surface area contributed by atoms with Gasteiger partial charge in [0.25, 0.3) is 0 Å². The first-order valence-electron chi connectivity index (χ1n) is 7.57. The molecule has 0 radical (unpaired) electrons. The molecule has 2 aliphatic heterocycles. The first-order valence-corrected chi connectivity index (χ1v) is 8.56. The van der Waals surface area contributed by atoms with Crippen LogP contribution in [-0.4, -0.2) is 11.7 Å². The molecular formula is C19H14O2S. The molecule has 0 unspecified atom stereocenters.